The summed E-state index contributed by atoms with van der Waals surface area (Å²) < 4.78 is 49.3. The molecule has 0 spiro atoms. The van der Waals surface area contributed by atoms with Crippen molar-refractivity contribution in [1.82, 2.24) is 3.97 Å². The maximum absolute atomic E-state index is 15.0. The van der Waals surface area contributed by atoms with Crippen molar-refractivity contribution >= 4 is 40.4 Å². The van der Waals surface area contributed by atoms with Gasteiger partial charge in [0.1, 0.15) is 5.82 Å². The maximum Gasteiger partial charge on any atom is 0.335 e. The molecule has 7 rings (SSSR count). The SMILES string of the molecule is O=C(O)c1ccc(-c2cccc(-c3c(-c4ccccc4C4COC4)c4cc(F)ccc4n3Sc3ccc(C(F)F)cc3)c2)c(Cl)c1. The van der Waals surface area contributed by atoms with Crippen LogP contribution in [0.3, 0.4) is 0 Å². The number of nitrogens with zero attached hydrogens (tertiary/aromatic N) is 1. The number of halogens is 4. The summed E-state index contributed by atoms with van der Waals surface area (Å²) in [7, 11) is 0. The fourth-order valence-corrected chi connectivity index (χ4v) is 7.16. The second-order valence-corrected chi connectivity index (χ2v) is 12.5. The fraction of sp³-hybridized carbons (Fsp3) is 0.108. The van der Waals surface area contributed by atoms with E-state index in [2.05, 4.69) is 6.07 Å². The van der Waals surface area contributed by atoms with E-state index in [1.165, 1.54) is 48.3 Å². The van der Waals surface area contributed by atoms with Gasteiger partial charge in [-0.1, -0.05) is 72.3 Å². The Hall–Kier alpha value is -4.50. The topological polar surface area (TPSA) is 51.5 Å². The first-order chi connectivity index (χ1) is 22.3. The van der Waals surface area contributed by atoms with Crippen LogP contribution in [-0.4, -0.2) is 28.3 Å². The average Bonchev–Trinajstić information content (AvgIpc) is 3.33. The van der Waals surface area contributed by atoms with E-state index < -0.39 is 12.4 Å². The molecule has 1 saturated heterocycles. The van der Waals surface area contributed by atoms with E-state index in [1.807, 2.05) is 46.4 Å². The first-order valence-electron chi connectivity index (χ1n) is 14.5. The van der Waals surface area contributed by atoms with E-state index in [0.717, 1.165) is 43.9 Å². The van der Waals surface area contributed by atoms with Crippen LogP contribution in [0, 0.1) is 5.82 Å². The Morgan fingerprint density at radius 1 is 0.870 bits per heavy atom. The lowest BCUT2D eigenvalue weighted by atomic mass is 9.87. The molecule has 0 aliphatic carbocycles. The van der Waals surface area contributed by atoms with Crippen LogP contribution < -0.4 is 0 Å². The van der Waals surface area contributed by atoms with Gasteiger partial charge in [0.2, 0.25) is 0 Å². The molecule has 1 aliphatic rings. The molecule has 1 N–H and O–H groups in total. The highest BCUT2D eigenvalue weighted by molar-refractivity contribution is 7.98. The first-order valence-corrected chi connectivity index (χ1v) is 15.6. The highest BCUT2D eigenvalue weighted by atomic mass is 35.5. The molecule has 1 aliphatic heterocycles. The average molecular weight is 656 g/mol. The van der Waals surface area contributed by atoms with Gasteiger partial charge in [0.05, 0.1) is 30.0 Å². The minimum absolute atomic E-state index is 0.0696. The minimum Gasteiger partial charge on any atom is -0.478 e. The van der Waals surface area contributed by atoms with Crippen molar-refractivity contribution in [2.75, 3.05) is 13.2 Å². The van der Waals surface area contributed by atoms with E-state index in [-0.39, 0.29) is 22.9 Å². The van der Waals surface area contributed by atoms with Crippen molar-refractivity contribution in [1.29, 1.82) is 0 Å². The number of carboxylic acid groups (broad SMARTS) is 1. The van der Waals surface area contributed by atoms with E-state index in [4.69, 9.17) is 16.3 Å². The Morgan fingerprint density at radius 3 is 2.33 bits per heavy atom. The van der Waals surface area contributed by atoms with Gasteiger partial charge in [-0.15, -0.1) is 0 Å². The minimum atomic E-state index is -2.58. The number of hydrogen-bond acceptors (Lipinski definition) is 3. The number of aromatic nitrogens is 1. The highest BCUT2D eigenvalue weighted by Gasteiger charge is 2.28. The largest absolute Gasteiger partial charge is 0.478 e. The quantitative estimate of drug-likeness (QED) is 0.177. The van der Waals surface area contributed by atoms with E-state index in [9.17, 15) is 18.7 Å². The summed E-state index contributed by atoms with van der Waals surface area (Å²) >= 11 is 7.94. The lowest BCUT2D eigenvalue weighted by molar-refractivity contribution is 0.00864. The van der Waals surface area contributed by atoms with Crippen LogP contribution in [0.15, 0.2) is 114 Å². The molecule has 2 heterocycles. The number of fused-ring (bicyclic) bond motifs is 1. The van der Waals surface area contributed by atoms with Gasteiger partial charge in [-0.3, -0.25) is 3.97 Å². The lowest BCUT2D eigenvalue weighted by Gasteiger charge is -2.28. The number of alkyl halides is 2. The summed E-state index contributed by atoms with van der Waals surface area (Å²) in [6.45, 7) is 1.18. The molecule has 6 aromatic rings. The normalized spacial score (nSPS) is 13.3. The van der Waals surface area contributed by atoms with Gasteiger partial charge in [-0.05, 0) is 77.2 Å². The van der Waals surface area contributed by atoms with Crippen LogP contribution in [0.2, 0.25) is 5.02 Å². The zero-order valence-corrected chi connectivity index (χ0v) is 25.7. The van der Waals surface area contributed by atoms with Crippen LogP contribution in [0.25, 0.3) is 44.4 Å². The first kappa shape index (κ1) is 30.2. The Labute approximate surface area is 272 Å². The Morgan fingerprint density at radius 2 is 1.63 bits per heavy atom. The number of carboxylic acids is 1. The van der Waals surface area contributed by atoms with Crippen LogP contribution >= 0.6 is 23.5 Å². The summed E-state index contributed by atoms with van der Waals surface area (Å²) in [5, 5.41) is 10.4. The van der Waals surface area contributed by atoms with Crippen molar-refractivity contribution in [3.63, 3.8) is 0 Å². The molecular weight excluding hydrogens is 631 g/mol. The predicted molar refractivity (Wildman–Crippen MR) is 176 cm³/mol. The van der Waals surface area contributed by atoms with Crippen LogP contribution in [0.4, 0.5) is 13.2 Å². The Kier molecular flexibility index (Phi) is 8.11. The highest BCUT2D eigenvalue weighted by Crippen LogP contribution is 2.48. The molecule has 0 amide bonds. The molecule has 0 radical (unpaired) electrons. The molecule has 1 aromatic heterocycles. The zero-order chi connectivity index (χ0) is 31.9. The van der Waals surface area contributed by atoms with E-state index in [0.29, 0.717) is 29.2 Å². The smallest absolute Gasteiger partial charge is 0.335 e. The molecule has 0 saturated carbocycles. The molecule has 0 atom stereocenters. The molecule has 0 bridgehead atoms. The molecule has 230 valence electrons. The Balaban J connectivity index is 1.49. The molecule has 0 unspecified atom stereocenters. The number of carbonyl (C=O) groups is 1. The summed E-state index contributed by atoms with van der Waals surface area (Å²) in [5.41, 5.74) is 6.65. The molecule has 46 heavy (non-hydrogen) atoms. The third-order valence-electron chi connectivity index (χ3n) is 8.19. The third-order valence-corrected chi connectivity index (χ3v) is 9.54. The predicted octanol–water partition coefficient (Wildman–Crippen LogP) is 10.7. The molecule has 4 nitrogen and oxygen atoms in total. The number of aromatic carboxylic acids is 1. The summed E-state index contributed by atoms with van der Waals surface area (Å²) in [5.74, 6) is -1.27. The van der Waals surface area contributed by atoms with Gasteiger partial charge in [0, 0.05) is 43.5 Å². The van der Waals surface area contributed by atoms with Crippen molar-refractivity contribution in [3.05, 3.63) is 137 Å². The second-order valence-electron chi connectivity index (χ2n) is 11.0. The maximum atomic E-state index is 15.0. The van der Waals surface area contributed by atoms with Gasteiger partial charge in [-0.2, -0.15) is 0 Å². The van der Waals surface area contributed by atoms with Crippen LogP contribution in [-0.2, 0) is 4.74 Å². The van der Waals surface area contributed by atoms with Crippen LogP contribution in [0.5, 0.6) is 0 Å². The zero-order valence-electron chi connectivity index (χ0n) is 24.1. The fourth-order valence-electron chi connectivity index (χ4n) is 5.86. The lowest BCUT2D eigenvalue weighted by Crippen LogP contribution is -2.25. The number of hydrogen-bond donors (Lipinski definition) is 1. The molecular formula is C37H25ClF3NO3S. The van der Waals surface area contributed by atoms with Crippen LogP contribution in [0.1, 0.15) is 33.8 Å². The van der Waals surface area contributed by atoms with Crippen molar-refractivity contribution in [3.8, 4) is 33.5 Å². The van der Waals surface area contributed by atoms with Gasteiger partial charge in [-0.25, -0.2) is 18.0 Å². The van der Waals surface area contributed by atoms with Crippen molar-refractivity contribution < 1.29 is 27.8 Å². The molecule has 9 heteroatoms. The summed E-state index contributed by atoms with van der Waals surface area (Å²) in [4.78, 5) is 12.3. The summed E-state index contributed by atoms with van der Waals surface area (Å²) in [6.07, 6.45) is -2.58. The standard InChI is InChI=1S/C37H25ClF3NO3S/c38-32-17-24(37(43)44)10-14-29(32)22-4-3-5-23(16-22)35-34(30-7-2-1-6-28(30)25-19-45-20-25)31-18-26(39)11-15-33(31)42(35)46-27-12-8-21(9-13-27)36(40)41/h1-18,25,36H,19-20H2,(H,43,44). The van der Waals surface area contributed by atoms with Gasteiger partial charge in [0.25, 0.3) is 6.43 Å². The Bertz CT molecular complexity index is 2110. The summed E-state index contributed by atoms with van der Waals surface area (Å²) in [6, 6.07) is 31.2. The number of benzene rings is 5. The van der Waals surface area contributed by atoms with E-state index in [1.54, 1.807) is 24.3 Å². The van der Waals surface area contributed by atoms with Gasteiger partial charge in [0.15, 0.2) is 0 Å². The molecule has 5 aromatic carbocycles. The monoisotopic (exact) mass is 655 g/mol. The number of rotatable bonds is 8. The van der Waals surface area contributed by atoms with Gasteiger partial charge >= 0.3 is 5.97 Å². The van der Waals surface area contributed by atoms with E-state index >= 15 is 4.39 Å². The number of ether oxygens (including phenoxy) is 1. The van der Waals surface area contributed by atoms with Crippen molar-refractivity contribution in [2.24, 2.45) is 0 Å². The van der Waals surface area contributed by atoms with Crippen molar-refractivity contribution in [2.45, 2.75) is 17.2 Å². The third kappa shape index (κ3) is 5.57. The second kappa shape index (κ2) is 12.4. The molecule has 1 fully saturated rings. The van der Waals surface area contributed by atoms with Gasteiger partial charge < -0.3 is 9.84 Å².